The topological polar surface area (TPSA) is 156 Å². The second-order valence-electron chi connectivity index (χ2n) is 4.00. The van der Waals surface area contributed by atoms with Crippen LogP contribution in [0.3, 0.4) is 0 Å². The molecule has 0 bridgehead atoms. The Morgan fingerprint density at radius 1 is 0.464 bits per heavy atom. The Hall–Kier alpha value is 5.80. The van der Waals surface area contributed by atoms with E-state index in [-0.39, 0.29) is 261 Å². The van der Waals surface area contributed by atoms with Gasteiger partial charge < -0.3 is 31.8 Å². The molecule has 0 unspecified atom stereocenters. The third kappa shape index (κ3) is 42.0. The van der Waals surface area contributed by atoms with Gasteiger partial charge in [0.15, 0.2) is 0 Å². The van der Waals surface area contributed by atoms with E-state index in [9.17, 15) is 19.2 Å². The molecule has 0 atom stereocenters. The van der Waals surface area contributed by atoms with Gasteiger partial charge in [-0.3, -0.25) is 29.0 Å². The molecule has 0 aromatic carbocycles. The quantitative estimate of drug-likeness (QED) is 0.208. The van der Waals surface area contributed by atoms with Crippen LogP contribution in [0, 0.1) is 0 Å². The molecule has 18 heteroatoms. The first-order valence-electron chi connectivity index (χ1n) is 5.52. The average molecular weight is 484 g/mol. The molecule has 0 radical (unpaired) electrons. The van der Waals surface area contributed by atoms with Gasteiger partial charge in [-0.05, 0) is 0 Å². The van der Waals surface area contributed by atoms with Crippen LogP contribution in [0.15, 0.2) is 0 Å². The third-order valence-corrected chi connectivity index (χ3v) is 2.17. The smallest absolute Gasteiger partial charge is 1.00 e. The summed E-state index contributed by atoms with van der Waals surface area (Å²) >= 11 is 0. The van der Waals surface area contributed by atoms with Gasteiger partial charge in [-0.1, -0.05) is 0 Å². The summed E-state index contributed by atoms with van der Waals surface area (Å²) in [5.74, 6) is -4.91. The van der Waals surface area contributed by atoms with E-state index in [0.29, 0.717) is 0 Å². The van der Waals surface area contributed by atoms with E-state index >= 15 is 0 Å². The predicted molar refractivity (Wildman–Crippen MR) is 72.3 cm³/mol. The minimum absolute atomic E-state index is 0. The van der Waals surface area contributed by atoms with Gasteiger partial charge in [0.1, 0.15) is 0 Å². The maximum absolute atomic E-state index is 10.6. The van der Waals surface area contributed by atoms with E-state index in [2.05, 4.69) is 0 Å². The van der Waals surface area contributed by atoms with Gasteiger partial charge in [-0.25, -0.2) is 0 Å². The number of carboxylic acids is 4. The van der Waals surface area contributed by atoms with E-state index in [1.807, 2.05) is 0 Å². The van der Waals surface area contributed by atoms with Crippen LogP contribution in [0.25, 0.3) is 0 Å². The third-order valence-electron chi connectivity index (χ3n) is 2.17. The van der Waals surface area contributed by atoms with Gasteiger partial charge >= 0.3 is 260 Å². The Kier molecular flexibility index (Phi) is 78.9. The van der Waals surface area contributed by atoms with Crippen LogP contribution in [-0.2, 0) is 19.2 Å². The van der Waals surface area contributed by atoms with Gasteiger partial charge in [0.05, 0.1) is 26.2 Å². The van der Waals surface area contributed by atoms with Crippen LogP contribution in [0.4, 0.5) is 0 Å². The minimum Gasteiger partial charge on any atom is -1.00 e. The molecule has 4 N–H and O–H groups in total. The molecular formula is C10H24N2Na8O8. The summed E-state index contributed by atoms with van der Waals surface area (Å²) in [6.45, 7) is -2.25. The molecule has 0 aliphatic rings. The van der Waals surface area contributed by atoms with Gasteiger partial charge in [0.25, 0.3) is 0 Å². The molecule has 0 aliphatic carbocycles. The van der Waals surface area contributed by atoms with Crippen LogP contribution in [0.5, 0.6) is 0 Å². The number of aliphatic carboxylic acids is 4. The molecule has 0 spiro atoms. The number of hydrogen-bond donors (Lipinski definition) is 4. The zero-order valence-electron chi connectivity index (χ0n) is 26.6. The molecule has 10 nitrogen and oxygen atoms in total. The SMILES string of the molecule is O=C(O)CN(CCN(CC(=O)O)CC(=O)O)CC(=O)O.[H-].[H-].[H-].[H-].[H-].[H-].[H-].[H-].[Na+].[Na+].[Na+].[Na+].[Na+].[Na+].[Na+].[Na+]. The molecule has 0 heterocycles. The molecule has 0 rings (SSSR count). The maximum Gasteiger partial charge on any atom is 1.00 e. The molecule has 130 valence electrons. The molecule has 28 heavy (non-hydrogen) atoms. The van der Waals surface area contributed by atoms with E-state index in [0.717, 1.165) is 9.80 Å². The van der Waals surface area contributed by atoms with Crippen LogP contribution in [0.2, 0.25) is 0 Å². The molecule has 0 saturated carbocycles. The zero-order chi connectivity index (χ0) is 15.7. The summed E-state index contributed by atoms with van der Waals surface area (Å²) in [6, 6.07) is 0. The van der Waals surface area contributed by atoms with Crippen LogP contribution < -0.4 is 236 Å². The fourth-order valence-electron chi connectivity index (χ4n) is 1.48. The van der Waals surface area contributed by atoms with Crippen LogP contribution >= 0.6 is 0 Å². The number of nitrogens with zero attached hydrogens (tertiary/aromatic N) is 2. The summed E-state index contributed by atoms with van der Waals surface area (Å²) in [6.07, 6.45) is 0. The summed E-state index contributed by atoms with van der Waals surface area (Å²) in [5.41, 5.74) is 0. The first kappa shape index (κ1) is 59.1. The van der Waals surface area contributed by atoms with Crippen molar-refractivity contribution in [2.75, 3.05) is 39.3 Å². The largest absolute Gasteiger partial charge is 1.00 e. The van der Waals surface area contributed by atoms with E-state index in [1.54, 1.807) is 0 Å². The van der Waals surface area contributed by atoms with Gasteiger partial charge in [-0.2, -0.15) is 0 Å². The van der Waals surface area contributed by atoms with Crippen molar-refractivity contribution < 1.29 is 287 Å². The van der Waals surface area contributed by atoms with Crippen molar-refractivity contribution in [3.05, 3.63) is 0 Å². The summed E-state index contributed by atoms with van der Waals surface area (Å²) in [5, 5.41) is 34.5. The second-order valence-corrected chi connectivity index (χ2v) is 4.00. The zero-order valence-corrected chi connectivity index (χ0v) is 34.6. The van der Waals surface area contributed by atoms with Gasteiger partial charge in [-0.15, -0.1) is 0 Å². The number of rotatable bonds is 11. The van der Waals surface area contributed by atoms with Gasteiger partial charge in [0, 0.05) is 13.1 Å². The Bertz CT molecular complexity index is 367. The van der Waals surface area contributed by atoms with Crippen molar-refractivity contribution in [1.82, 2.24) is 9.80 Å². The van der Waals surface area contributed by atoms with Crippen molar-refractivity contribution in [1.29, 1.82) is 0 Å². The average Bonchev–Trinajstić information content (AvgIpc) is 2.22. The van der Waals surface area contributed by atoms with E-state index in [4.69, 9.17) is 20.4 Å². The van der Waals surface area contributed by atoms with Crippen molar-refractivity contribution in [3.8, 4) is 0 Å². The first-order valence-corrected chi connectivity index (χ1v) is 5.52. The fraction of sp³-hybridized carbons (Fsp3) is 0.600. The number of carboxylic acid groups (broad SMARTS) is 4. The first-order chi connectivity index (χ1) is 9.20. The summed E-state index contributed by atoms with van der Waals surface area (Å²) in [4.78, 5) is 44.4. The Balaban J connectivity index is -0.0000000150. The normalized spacial score (nSPS) is 7.64. The standard InChI is InChI=1S/C10H16N2O8.8Na.8H/c13-7(14)3-11(4-8(15)16)1-2-12(5-9(17)18)6-10(19)20;;;;;;;;;;;;;;;;/h1-6H2,(H,13,14)(H,15,16)(H,17,18)(H,19,20);;;;;;;;;;;;;;;;/q;8*+1;8*-1. The number of hydrogen-bond acceptors (Lipinski definition) is 6. The molecular weight excluding hydrogens is 460 g/mol. The number of carbonyl (C=O) groups is 4. The molecule has 0 saturated heterocycles. The van der Waals surface area contributed by atoms with E-state index in [1.165, 1.54) is 0 Å². The Labute approximate surface area is 353 Å². The summed E-state index contributed by atoms with van der Waals surface area (Å²) in [7, 11) is 0. The van der Waals surface area contributed by atoms with Crippen molar-refractivity contribution in [2.45, 2.75) is 0 Å². The van der Waals surface area contributed by atoms with Crippen LogP contribution in [0.1, 0.15) is 11.4 Å². The minimum atomic E-state index is -1.23. The van der Waals surface area contributed by atoms with Crippen molar-refractivity contribution in [2.24, 2.45) is 0 Å². The van der Waals surface area contributed by atoms with Crippen LogP contribution in [-0.4, -0.2) is 93.4 Å². The fourth-order valence-corrected chi connectivity index (χ4v) is 1.48. The molecule has 0 amide bonds. The molecule has 0 aromatic heterocycles. The van der Waals surface area contributed by atoms with E-state index < -0.39 is 50.1 Å². The monoisotopic (exact) mass is 484 g/mol. The van der Waals surface area contributed by atoms with Gasteiger partial charge in [0.2, 0.25) is 0 Å². The Morgan fingerprint density at radius 3 is 0.714 bits per heavy atom. The van der Waals surface area contributed by atoms with Crippen molar-refractivity contribution in [3.63, 3.8) is 0 Å². The maximum atomic E-state index is 10.6. The molecule has 0 fully saturated rings. The summed E-state index contributed by atoms with van der Waals surface area (Å²) < 4.78 is 0. The predicted octanol–water partition coefficient (Wildman–Crippen LogP) is -25.1. The van der Waals surface area contributed by atoms with Crippen molar-refractivity contribution >= 4 is 23.9 Å². The Morgan fingerprint density at radius 2 is 0.607 bits per heavy atom. The second kappa shape index (κ2) is 37.4. The molecule has 0 aliphatic heterocycles. The molecule has 0 aromatic rings.